The van der Waals surface area contributed by atoms with Gasteiger partial charge in [0.05, 0.1) is 0 Å². The summed E-state index contributed by atoms with van der Waals surface area (Å²) in [6.45, 7) is 0. The Kier molecular flexibility index (Phi) is 10.0. The second-order valence-electron chi connectivity index (χ2n) is 21.3. The number of rotatable bonds is 5. The number of nitrogens with zero attached hydrogens (tertiary/aromatic N) is 1. The molecule has 11 unspecified atom stereocenters. The van der Waals surface area contributed by atoms with Gasteiger partial charge in [-0.2, -0.15) is 0 Å². The molecule has 0 spiro atoms. The molecule has 10 aliphatic rings. The van der Waals surface area contributed by atoms with Gasteiger partial charge in [-0.3, -0.25) is 4.90 Å². The SMILES string of the molecule is C1CCC(N(C2CCCCC2)C2CCC(C3C4CCCCC4C(C4CCC5C6CCCCC6C6CCCC4C65)C4CCCCC43)CC2)CC1. The smallest absolute Gasteiger partial charge is 0.0101 e. The third kappa shape index (κ3) is 6.00. The van der Waals surface area contributed by atoms with E-state index in [-0.39, 0.29) is 0 Å². The summed E-state index contributed by atoms with van der Waals surface area (Å²) in [5.74, 6) is 15.9. The molecule has 0 aromatic carbocycles. The Morgan fingerprint density at radius 3 is 0.980 bits per heavy atom. The van der Waals surface area contributed by atoms with Gasteiger partial charge in [0.2, 0.25) is 0 Å². The zero-order chi connectivity index (χ0) is 32.3. The first-order chi connectivity index (χ1) is 24.3. The van der Waals surface area contributed by atoms with Crippen LogP contribution in [0.4, 0.5) is 0 Å². The fraction of sp³-hybridized carbons (Fsp3) is 1.00. The van der Waals surface area contributed by atoms with Crippen molar-refractivity contribution in [2.45, 2.75) is 217 Å². The summed E-state index contributed by atoms with van der Waals surface area (Å²) in [5, 5.41) is 0. The third-order valence-electron chi connectivity index (χ3n) is 19.8. The Labute approximate surface area is 304 Å². The van der Waals surface area contributed by atoms with Gasteiger partial charge in [-0.25, -0.2) is 0 Å². The van der Waals surface area contributed by atoms with Gasteiger partial charge in [-0.1, -0.05) is 83.5 Å². The summed E-state index contributed by atoms with van der Waals surface area (Å²) >= 11 is 0. The first kappa shape index (κ1) is 33.5. The average Bonchev–Trinajstić information content (AvgIpc) is 3.50. The monoisotopic (exact) mass is 670 g/mol. The summed E-state index contributed by atoms with van der Waals surface area (Å²) in [7, 11) is 0. The highest BCUT2D eigenvalue weighted by molar-refractivity contribution is 5.10. The molecular formula is C48H79N. The minimum atomic E-state index is 0.938. The van der Waals surface area contributed by atoms with Crippen LogP contribution in [0.15, 0.2) is 0 Å². The maximum absolute atomic E-state index is 3.27. The highest BCUT2D eigenvalue weighted by Crippen LogP contribution is 2.68. The molecule has 1 heteroatoms. The average molecular weight is 670 g/mol. The fourth-order valence-corrected chi connectivity index (χ4v) is 18.6. The van der Waals surface area contributed by atoms with Gasteiger partial charge in [0.15, 0.2) is 0 Å². The molecule has 0 aromatic rings. The molecular weight excluding hydrogens is 591 g/mol. The first-order valence-corrected chi connectivity index (χ1v) is 24.1. The van der Waals surface area contributed by atoms with Crippen molar-refractivity contribution < 1.29 is 0 Å². The van der Waals surface area contributed by atoms with E-state index in [9.17, 15) is 0 Å². The summed E-state index contributed by atoms with van der Waals surface area (Å²) < 4.78 is 0. The van der Waals surface area contributed by atoms with Gasteiger partial charge in [-0.05, 0) is 198 Å². The second kappa shape index (κ2) is 14.7. The van der Waals surface area contributed by atoms with Crippen molar-refractivity contribution in [2.24, 2.45) is 82.9 Å². The Morgan fingerprint density at radius 2 is 0.510 bits per heavy atom. The highest BCUT2D eigenvalue weighted by atomic mass is 15.2. The molecule has 10 fully saturated rings. The van der Waals surface area contributed by atoms with Crippen LogP contribution < -0.4 is 0 Å². The van der Waals surface area contributed by atoms with Crippen molar-refractivity contribution in [2.75, 3.05) is 0 Å². The predicted molar refractivity (Wildman–Crippen MR) is 205 cm³/mol. The Hall–Kier alpha value is -0.0400. The summed E-state index contributed by atoms with van der Waals surface area (Å²) in [4.78, 5) is 3.27. The Balaban J connectivity index is 0.894. The number of hydrogen-bond donors (Lipinski definition) is 0. The van der Waals surface area contributed by atoms with Crippen LogP contribution in [0, 0.1) is 82.9 Å². The summed E-state index contributed by atoms with van der Waals surface area (Å²) in [6.07, 6.45) is 49.1. The summed E-state index contributed by atoms with van der Waals surface area (Å²) in [5.41, 5.74) is 0. The lowest BCUT2D eigenvalue weighted by molar-refractivity contribution is -0.136. The molecule has 0 aromatic heterocycles. The molecule has 0 aliphatic heterocycles. The van der Waals surface area contributed by atoms with E-state index in [2.05, 4.69) is 4.90 Å². The van der Waals surface area contributed by atoms with Crippen LogP contribution >= 0.6 is 0 Å². The summed E-state index contributed by atoms with van der Waals surface area (Å²) in [6, 6.07) is 2.82. The number of hydrogen-bond acceptors (Lipinski definition) is 1. The third-order valence-corrected chi connectivity index (χ3v) is 19.8. The van der Waals surface area contributed by atoms with E-state index in [0.717, 1.165) is 95.1 Å². The molecule has 0 amide bonds. The Bertz CT molecular complexity index is 1020. The molecule has 10 saturated carbocycles. The van der Waals surface area contributed by atoms with Crippen LogP contribution in [0.3, 0.4) is 0 Å². The molecule has 0 radical (unpaired) electrons. The van der Waals surface area contributed by atoms with Crippen molar-refractivity contribution in [3.8, 4) is 0 Å². The normalized spacial score (nSPS) is 51.0. The standard InChI is InChI=1S/C48H79N/c1-3-14-33(15-4-1)49(34-16-5-2-6-17-34)35-28-26-32(27-29-35)46-39-20-9-11-22-41(39)48(42-23-12-10-21-40(42)46)45-31-30-44-37-19-8-7-18-36(37)38-24-13-25-43(45)47(38)44/h32-48H,1-31H2. The molecule has 0 heterocycles. The van der Waals surface area contributed by atoms with Gasteiger partial charge in [0.25, 0.3) is 0 Å². The van der Waals surface area contributed by atoms with Crippen LogP contribution in [-0.4, -0.2) is 23.0 Å². The van der Waals surface area contributed by atoms with Crippen molar-refractivity contribution in [1.82, 2.24) is 4.90 Å². The molecule has 0 saturated heterocycles. The lowest BCUT2D eigenvalue weighted by atomic mass is 9.43. The highest BCUT2D eigenvalue weighted by Gasteiger charge is 2.61. The van der Waals surface area contributed by atoms with E-state index in [1.54, 1.807) is 135 Å². The van der Waals surface area contributed by atoms with Crippen LogP contribution in [0.5, 0.6) is 0 Å². The van der Waals surface area contributed by atoms with Crippen molar-refractivity contribution in [3.63, 3.8) is 0 Å². The van der Waals surface area contributed by atoms with Gasteiger partial charge in [0.1, 0.15) is 0 Å². The topological polar surface area (TPSA) is 3.24 Å². The van der Waals surface area contributed by atoms with E-state index in [4.69, 9.17) is 0 Å². The molecule has 49 heavy (non-hydrogen) atoms. The molecule has 0 bridgehead atoms. The quantitative estimate of drug-likeness (QED) is 0.282. The van der Waals surface area contributed by atoms with E-state index in [1.807, 2.05) is 0 Å². The minimum absolute atomic E-state index is 0.938. The zero-order valence-electron chi connectivity index (χ0n) is 32.2. The van der Waals surface area contributed by atoms with Crippen LogP contribution in [0.25, 0.3) is 0 Å². The van der Waals surface area contributed by atoms with Gasteiger partial charge >= 0.3 is 0 Å². The van der Waals surface area contributed by atoms with Crippen LogP contribution in [0.2, 0.25) is 0 Å². The van der Waals surface area contributed by atoms with Gasteiger partial charge < -0.3 is 0 Å². The van der Waals surface area contributed by atoms with Crippen molar-refractivity contribution in [3.05, 3.63) is 0 Å². The van der Waals surface area contributed by atoms with Crippen molar-refractivity contribution in [1.29, 1.82) is 0 Å². The van der Waals surface area contributed by atoms with E-state index >= 15 is 0 Å². The molecule has 0 N–H and O–H groups in total. The zero-order valence-corrected chi connectivity index (χ0v) is 32.2. The van der Waals surface area contributed by atoms with Crippen LogP contribution in [-0.2, 0) is 0 Å². The molecule has 276 valence electrons. The molecule has 10 aliphatic carbocycles. The van der Waals surface area contributed by atoms with E-state index in [0.29, 0.717) is 0 Å². The number of fused-ring (bicyclic) bond motifs is 5. The molecule has 11 atom stereocenters. The van der Waals surface area contributed by atoms with Gasteiger partial charge in [-0.15, -0.1) is 0 Å². The maximum atomic E-state index is 3.27. The van der Waals surface area contributed by atoms with E-state index < -0.39 is 0 Å². The second-order valence-corrected chi connectivity index (χ2v) is 21.3. The maximum Gasteiger partial charge on any atom is 0.0101 e. The largest absolute Gasteiger partial charge is 0.294 e. The Morgan fingerprint density at radius 1 is 0.204 bits per heavy atom. The lowest BCUT2D eigenvalue weighted by Gasteiger charge is -2.62. The minimum Gasteiger partial charge on any atom is -0.294 e. The molecule has 10 rings (SSSR count). The fourth-order valence-electron chi connectivity index (χ4n) is 18.6. The predicted octanol–water partition coefficient (Wildman–Crippen LogP) is 13.3. The van der Waals surface area contributed by atoms with Crippen LogP contribution in [0.1, 0.15) is 199 Å². The van der Waals surface area contributed by atoms with Gasteiger partial charge in [0, 0.05) is 18.1 Å². The van der Waals surface area contributed by atoms with E-state index in [1.165, 1.54) is 70.1 Å². The van der Waals surface area contributed by atoms with Crippen molar-refractivity contribution >= 4 is 0 Å². The first-order valence-electron chi connectivity index (χ1n) is 24.1. The molecule has 1 nitrogen and oxygen atoms in total. The lowest BCUT2D eigenvalue weighted by Crippen LogP contribution is -2.56.